The van der Waals surface area contributed by atoms with Gasteiger partial charge in [0.05, 0.1) is 18.2 Å². The van der Waals surface area contributed by atoms with E-state index in [2.05, 4.69) is 4.74 Å². The number of methoxy groups -OCH3 is 1. The lowest BCUT2D eigenvalue weighted by molar-refractivity contribution is 0.0599. The first-order valence-electron chi connectivity index (χ1n) is 4.78. The highest BCUT2D eigenvalue weighted by atomic mass is 16.5. The average molecular weight is 217 g/mol. The molecule has 0 saturated carbocycles. The molecule has 0 spiro atoms. The molecule has 1 rings (SSSR count). The number of hydrogen-bond donors (Lipinski definition) is 0. The highest BCUT2D eigenvalue weighted by Crippen LogP contribution is 2.18. The summed E-state index contributed by atoms with van der Waals surface area (Å²) in [6.07, 6.45) is 1.21. The molecule has 0 amide bonds. The molecular weight excluding hydrogens is 206 g/mol. The van der Waals surface area contributed by atoms with Gasteiger partial charge < -0.3 is 4.74 Å². The molecule has 1 aromatic rings. The van der Waals surface area contributed by atoms with Crippen LogP contribution in [0, 0.1) is 11.3 Å². The summed E-state index contributed by atoms with van der Waals surface area (Å²) in [5.74, 6) is -0.550. The third kappa shape index (κ3) is 2.09. The van der Waals surface area contributed by atoms with E-state index in [4.69, 9.17) is 5.26 Å². The fraction of sp³-hybridized carbons (Fsp3) is 0.250. The molecule has 0 radical (unpaired) electrons. The molecule has 0 saturated heterocycles. The van der Waals surface area contributed by atoms with Crippen LogP contribution >= 0.6 is 0 Å². The van der Waals surface area contributed by atoms with Gasteiger partial charge in [-0.25, -0.2) is 4.79 Å². The number of rotatable bonds is 3. The van der Waals surface area contributed by atoms with E-state index in [1.807, 2.05) is 13.0 Å². The fourth-order valence-electron chi connectivity index (χ4n) is 1.51. The summed E-state index contributed by atoms with van der Waals surface area (Å²) in [4.78, 5) is 22.2. The maximum atomic E-state index is 11.5. The second-order valence-electron chi connectivity index (χ2n) is 3.18. The Bertz CT molecular complexity index is 472. The smallest absolute Gasteiger partial charge is 0.339 e. The summed E-state index contributed by atoms with van der Waals surface area (Å²) >= 11 is 0. The molecular formula is C12H11NO3. The Morgan fingerprint density at radius 2 is 2.25 bits per heavy atom. The first-order valence-corrected chi connectivity index (χ1v) is 4.78. The maximum Gasteiger partial charge on any atom is 0.339 e. The highest BCUT2D eigenvalue weighted by molar-refractivity contribution is 5.95. The second kappa shape index (κ2) is 5.08. The zero-order valence-electron chi connectivity index (χ0n) is 9.11. The van der Waals surface area contributed by atoms with Gasteiger partial charge in [0.2, 0.25) is 0 Å². The Kier molecular flexibility index (Phi) is 3.78. The lowest BCUT2D eigenvalue weighted by Gasteiger charge is -2.08. The van der Waals surface area contributed by atoms with Crippen molar-refractivity contribution in [3.05, 3.63) is 34.4 Å². The Hall–Kier alpha value is -2.15. The van der Waals surface area contributed by atoms with Crippen LogP contribution in [0.3, 0.4) is 0 Å². The van der Waals surface area contributed by atoms with E-state index in [0.717, 1.165) is 0 Å². The summed E-state index contributed by atoms with van der Waals surface area (Å²) in [7, 11) is 1.26. The van der Waals surface area contributed by atoms with Gasteiger partial charge >= 0.3 is 5.97 Å². The SMILES string of the molecule is CCc1cc(C=O)cc(C#N)c1C(=O)OC. The molecule has 0 aliphatic heterocycles. The summed E-state index contributed by atoms with van der Waals surface area (Å²) in [5, 5.41) is 8.93. The van der Waals surface area contributed by atoms with Gasteiger partial charge in [-0.05, 0) is 24.1 Å². The van der Waals surface area contributed by atoms with Crippen molar-refractivity contribution in [1.29, 1.82) is 5.26 Å². The van der Waals surface area contributed by atoms with Crippen molar-refractivity contribution in [3.63, 3.8) is 0 Å². The van der Waals surface area contributed by atoms with Gasteiger partial charge in [-0.15, -0.1) is 0 Å². The normalized spacial score (nSPS) is 9.31. The van der Waals surface area contributed by atoms with Crippen LogP contribution in [0.2, 0.25) is 0 Å². The lowest BCUT2D eigenvalue weighted by Crippen LogP contribution is -2.09. The molecule has 0 aliphatic rings. The number of nitrogens with zero attached hydrogens (tertiary/aromatic N) is 1. The van der Waals surface area contributed by atoms with Gasteiger partial charge in [-0.1, -0.05) is 6.92 Å². The predicted octanol–water partition coefficient (Wildman–Crippen LogP) is 1.72. The minimum Gasteiger partial charge on any atom is -0.465 e. The van der Waals surface area contributed by atoms with E-state index in [-0.39, 0.29) is 11.1 Å². The minimum absolute atomic E-state index is 0.174. The molecule has 16 heavy (non-hydrogen) atoms. The summed E-state index contributed by atoms with van der Waals surface area (Å²) in [6, 6.07) is 4.89. The highest BCUT2D eigenvalue weighted by Gasteiger charge is 2.17. The second-order valence-corrected chi connectivity index (χ2v) is 3.18. The van der Waals surface area contributed by atoms with Gasteiger partial charge in [-0.3, -0.25) is 4.79 Å². The molecule has 0 atom stereocenters. The predicted molar refractivity (Wildman–Crippen MR) is 57.3 cm³/mol. The number of hydrogen-bond acceptors (Lipinski definition) is 4. The van der Waals surface area contributed by atoms with Crippen molar-refractivity contribution in [2.45, 2.75) is 13.3 Å². The van der Waals surface area contributed by atoms with Crippen LogP contribution in [0.4, 0.5) is 0 Å². The molecule has 4 nitrogen and oxygen atoms in total. The molecule has 0 aromatic heterocycles. The van der Waals surface area contributed by atoms with Crippen LogP contribution in [-0.4, -0.2) is 19.4 Å². The van der Waals surface area contributed by atoms with Crippen molar-refractivity contribution in [1.82, 2.24) is 0 Å². The number of nitriles is 1. The van der Waals surface area contributed by atoms with Gasteiger partial charge in [0.15, 0.2) is 0 Å². The van der Waals surface area contributed by atoms with Gasteiger partial charge in [0.1, 0.15) is 12.4 Å². The topological polar surface area (TPSA) is 67.2 Å². The van der Waals surface area contributed by atoms with E-state index >= 15 is 0 Å². The largest absolute Gasteiger partial charge is 0.465 e. The average Bonchev–Trinajstić information content (AvgIpc) is 2.35. The van der Waals surface area contributed by atoms with Crippen molar-refractivity contribution < 1.29 is 14.3 Å². The fourth-order valence-corrected chi connectivity index (χ4v) is 1.51. The summed E-state index contributed by atoms with van der Waals surface area (Å²) in [5.41, 5.74) is 1.46. The van der Waals surface area contributed by atoms with Crippen molar-refractivity contribution in [3.8, 4) is 6.07 Å². The Morgan fingerprint density at radius 3 is 2.69 bits per heavy atom. The first kappa shape index (κ1) is 11.9. The summed E-state index contributed by atoms with van der Waals surface area (Å²) in [6.45, 7) is 1.84. The first-order chi connectivity index (χ1) is 7.67. The molecule has 0 bridgehead atoms. The molecule has 1 aromatic carbocycles. The third-order valence-corrected chi connectivity index (χ3v) is 2.27. The molecule has 0 N–H and O–H groups in total. The third-order valence-electron chi connectivity index (χ3n) is 2.27. The number of ether oxygens (including phenoxy) is 1. The van der Waals surface area contributed by atoms with Crippen LogP contribution in [-0.2, 0) is 11.2 Å². The number of carbonyl (C=O) groups is 2. The van der Waals surface area contributed by atoms with E-state index in [9.17, 15) is 9.59 Å². The van der Waals surface area contributed by atoms with Crippen LogP contribution < -0.4 is 0 Å². The Balaban J connectivity index is 3.50. The molecule has 0 aliphatic carbocycles. The number of esters is 1. The van der Waals surface area contributed by atoms with E-state index in [1.54, 1.807) is 6.07 Å². The van der Waals surface area contributed by atoms with Gasteiger partial charge in [0.25, 0.3) is 0 Å². The van der Waals surface area contributed by atoms with E-state index < -0.39 is 5.97 Å². The van der Waals surface area contributed by atoms with Crippen LogP contribution in [0.25, 0.3) is 0 Å². The molecule has 0 unspecified atom stereocenters. The minimum atomic E-state index is -0.550. The van der Waals surface area contributed by atoms with Crippen LogP contribution in [0.15, 0.2) is 12.1 Å². The van der Waals surface area contributed by atoms with Gasteiger partial charge in [0, 0.05) is 5.56 Å². The van der Waals surface area contributed by atoms with E-state index in [1.165, 1.54) is 13.2 Å². The van der Waals surface area contributed by atoms with Crippen LogP contribution in [0.1, 0.15) is 38.8 Å². The standard InChI is InChI=1S/C12H11NO3/c1-3-9-4-8(7-14)5-10(6-13)11(9)12(15)16-2/h4-5,7H,3H2,1-2H3. The molecule has 0 fully saturated rings. The maximum absolute atomic E-state index is 11.5. The number of aldehydes is 1. The number of carbonyl (C=O) groups excluding carboxylic acids is 2. The zero-order valence-corrected chi connectivity index (χ0v) is 9.11. The van der Waals surface area contributed by atoms with Crippen molar-refractivity contribution in [2.75, 3.05) is 7.11 Å². The molecule has 0 heterocycles. The quantitative estimate of drug-likeness (QED) is 0.571. The lowest BCUT2D eigenvalue weighted by atomic mass is 9.97. The van der Waals surface area contributed by atoms with E-state index in [0.29, 0.717) is 23.8 Å². The van der Waals surface area contributed by atoms with Crippen molar-refractivity contribution in [2.24, 2.45) is 0 Å². The Labute approximate surface area is 93.5 Å². The van der Waals surface area contributed by atoms with Crippen LogP contribution in [0.5, 0.6) is 0 Å². The van der Waals surface area contributed by atoms with Crippen molar-refractivity contribution >= 4 is 12.3 Å². The molecule has 82 valence electrons. The molecule has 4 heteroatoms. The summed E-state index contributed by atoms with van der Waals surface area (Å²) < 4.78 is 4.62. The van der Waals surface area contributed by atoms with Gasteiger partial charge in [-0.2, -0.15) is 5.26 Å². The monoisotopic (exact) mass is 217 g/mol. The number of aryl methyl sites for hydroxylation is 1. The zero-order chi connectivity index (χ0) is 12.1. The number of benzene rings is 1. The Morgan fingerprint density at radius 1 is 1.56 bits per heavy atom.